The molecule has 3 aromatic heterocycles. The third-order valence-corrected chi connectivity index (χ3v) is 4.88. The van der Waals surface area contributed by atoms with Crippen molar-refractivity contribution in [3.05, 3.63) is 71.8 Å². The Bertz CT molecular complexity index is 1160. The van der Waals surface area contributed by atoms with Gasteiger partial charge in [-0.3, -0.25) is 9.78 Å². The highest BCUT2D eigenvalue weighted by Gasteiger charge is 2.23. The Balaban J connectivity index is 1.58. The number of nitrogens with zero attached hydrogens (tertiary/aromatic N) is 7. The van der Waals surface area contributed by atoms with Gasteiger partial charge in [-0.05, 0) is 28.5 Å². The third kappa shape index (κ3) is 4.33. The van der Waals surface area contributed by atoms with Crippen LogP contribution in [0.3, 0.4) is 0 Å². The molecule has 0 fully saturated rings. The molecule has 0 saturated carbocycles. The second-order valence-electron chi connectivity index (χ2n) is 5.86. The van der Waals surface area contributed by atoms with Gasteiger partial charge in [0.25, 0.3) is 5.91 Å². The van der Waals surface area contributed by atoms with Crippen molar-refractivity contribution in [2.45, 2.75) is 10.6 Å². The largest absolute Gasteiger partial charge is 0.378 e. The van der Waals surface area contributed by atoms with E-state index in [9.17, 15) is 4.79 Å². The van der Waals surface area contributed by atoms with Crippen LogP contribution in [0.4, 0.5) is 5.82 Å². The molecule has 0 saturated heterocycles. The number of nitrogen functional groups attached to an aromatic ring is 1. The fraction of sp³-hybridized carbons (Fsp3) is 0.0556. The normalized spacial score (nSPS) is 11.1. The van der Waals surface area contributed by atoms with Crippen molar-refractivity contribution in [2.24, 2.45) is 5.10 Å². The zero-order valence-corrected chi connectivity index (χ0v) is 16.2. The first-order valence-corrected chi connectivity index (χ1v) is 9.65. The molecule has 3 heterocycles. The summed E-state index contributed by atoms with van der Waals surface area (Å²) in [6.45, 7) is 0. The Kier molecular flexibility index (Phi) is 5.75. The molecule has 0 radical (unpaired) electrons. The van der Waals surface area contributed by atoms with E-state index < -0.39 is 5.91 Å². The summed E-state index contributed by atoms with van der Waals surface area (Å²) in [5.74, 6) is 0.0369. The van der Waals surface area contributed by atoms with Crippen molar-refractivity contribution >= 4 is 29.7 Å². The zero-order chi connectivity index (χ0) is 20.8. The number of hydrazone groups is 1. The van der Waals surface area contributed by atoms with E-state index in [0.29, 0.717) is 11.4 Å². The maximum atomic E-state index is 12.7. The Morgan fingerprint density at radius 1 is 1.23 bits per heavy atom. The summed E-state index contributed by atoms with van der Waals surface area (Å²) in [4.78, 5) is 17.7. The molecule has 0 bridgehead atoms. The lowest BCUT2D eigenvalue weighted by atomic mass is 10.3. The van der Waals surface area contributed by atoms with E-state index in [-0.39, 0.29) is 17.3 Å². The minimum absolute atomic E-state index is 0.0346. The molecule has 0 atom stereocenters. The molecular weight excluding hydrogens is 406 g/mol. The molecule has 0 unspecified atom stereocenters. The van der Waals surface area contributed by atoms with Gasteiger partial charge in [0.05, 0.1) is 11.9 Å². The predicted octanol–water partition coefficient (Wildman–Crippen LogP) is 1.68. The van der Waals surface area contributed by atoms with E-state index in [4.69, 9.17) is 5.73 Å². The molecule has 1 aromatic carbocycles. The number of hydrogen-bond acceptors (Lipinski definition) is 10. The highest BCUT2D eigenvalue weighted by atomic mass is 32.2. The van der Waals surface area contributed by atoms with Crippen LogP contribution in [-0.4, -0.2) is 42.4 Å². The lowest BCUT2D eigenvalue weighted by molar-refractivity contribution is 0.0949. The Morgan fingerprint density at radius 2 is 2.10 bits per heavy atom. The first kappa shape index (κ1) is 19.3. The van der Waals surface area contributed by atoms with Crippen molar-refractivity contribution < 1.29 is 9.42 Å². The summed E-state index contributed by atoms with van der Waals surface area (Å²) >= 11 is 1.50. The van der Waals surface area contributed by atoms with Crippen LogP contribution in [0, 0.1) is 0 Å². The number of pyridine rings is 1. The average Bonchev–Trinajstić information content (AvgIpc) is 3.39. The first-order valence-electron chi connectivity index (χ1n) is 8.66. The Hall–Kier alpha value is -4.06. The average molecular weight is 421 g/mol. The third-order valence-electron chi connectivity index (χ3n) is 3.86. The van der Waals surface area contributed by atoms with Crippen LogP contribution < -0.4 is 11.2 Å². The van der Waals surface area contributed by atoms with Gasteiger partial charge >= 0.3 is 0 Å². The van der Waals surface area contributed by atoms with E-state index in [1.807, 2.05) is 30.3 Å². The minimum atomic E-state index is -0.528. The van der Waals surface area contributed by atoms with Gasteiger partial charge in [0, 0.05) is 28.6 Å². The van der Waals surface area contributed by atoms with Crippen LogP contribution >= 0.6 is 11.8 Å². The van der Waals surface area contributed by atoms with Crippen molar-refractivity contribution in [1.82, 2.24) is 35.7 Å². The van der Waals surface area contributed by atoms with Crippen molar-refractivity contribution in [3.63, 3.8) is 0 Å². The fourth-order valence-electron chi connectivity index (χ4n) is 2.45. The van der Waals surface area contributed by atoms with E-state index in [0.717, 1.165) is 10.5 Å². The van der Waals surface area contributed by atoms with Crippen LogP contribution in [0.15, 0.2) is 69.5 Å². The summed E-state index contributed by atoms with van der Waals surface area (Å²) in [5.41, 5.74) is 9.53. The summed E-state index contributed by atoms with van der Waals surface area (Å²) < 4.78 is 5.99. The molecule has 150 valence electrons. The standard InChI is InChI=1S/C18H15N9O2S/c19-16-17(25-29-24-16)27-14(11-30-13-6-2-1-3-7-13)15(22-26-27)18(28)23-21-10-12-5-4-8-20-9-12/h1-10H,11H2,(H2,19,24)(H,23,28)/b21-10-. The fourth-order valence-corrected chi connectivity index (χ4v) is 3.37. The number of carbonyl (C=O) groups excluding carboxylic acids is 1. The summed E-state index contributed by atoms with van der Waals surface area (Å²) in [6.07, 6.45) is 4.75. The smallest absolute Gasteiger partial charge is 0.293 e. The van der Waals surface area contributed by atoms with E-state index in [2.05, 4.69) is 40.8 Å². The van der Waals surface area contributed by atoms with Gasteiger partial charge in [-0.15, -0.1) is 16.9 Å². The summed E-state index contributed by atoms with van der Waals surface area (Å²) in [5, 5.41) is 19.2. The molecular formula is C18H15N9O2S. The second kappa shape index (κ2) is 8.96. The lowest BCUT2D eigenvalue weighted by Gasteiger charge is -2.05. The van der Waals surface area contributed by atoms with Gasteiger partial charge in [-0.2, -0.15) is 9.78 Å². The van der Waals surface area contributed by atoms with Gasteiger partial charge in [-0.25, -0.2) is 10.1 Å². The molecule has 4 aromatic rings. The lowest BCUT2D eigenvalue weighted by Crippen LogP contribution is -2.20. The van der Waals surface area contributed by atoms with Gasteiger partial charge in [-0.1, -0.05) is 29.5 Å². The number of anilines is 1. The van der Waals surface area contributed by atoms with E-state index in [1.54, 1.807) is 24.5 Å². The van der Waals surface area contributed by atoms with Gasteiger partial charge in [0.1, 0.15) is 0 Å². The number of nitrogens with two attached hydrogens (primary N) is 1. The maximum Gasteiger partial charge on any atom is 0.293 e. The quantitative estimate of drug-likeness (QED) is 0.258. The maximum absolute atomic E-state index is 12.7. The predicted molar refractivity (Wildman–Crippen MR) is 109 cm³/mol. The SMILES string of the molecule is Nc1nonc1-n1nnc(C(=O)N/N=C\c2cccnc2)c1CSc1ccccc1. The Morgan fingerprint density at radius 3 is 2.83 bits per heavy atom. The van der Waals surface area contributed by atoms with Crippen molar-refractivity contribution in [3.8, 4) is 5.82 Å². The number of benzene rings is 1. The van der Waals surface area contributed by atoms with Crippen LogP contribution in [-0.2, 0) is 5.75 Å². The topological polar surface area (TPSA) is 150 Å². The number of amides is 1. The van der Waals surface area contributed by atoms with Crippen LogP contribution in [0.5, 0.6) is 0 Å². The van der Waals surface area contributed by atoms with Crippen molar-refractivity contribution in [1.29, 1.82) is 0 Å². The molecule has 30 heavy (non-hydrogen) atoms. The second-order valence-corrected chi connectivity index (χ2v) is 6.91. The van der Waals surface area contributed by atoms with Crippen LogP contribution in [0.1, 0.15) is 21.7 Å². The van der Waals surface area contributed by atoms with E-state index >= 15 is 0 Å². The monoisotopic (exact) mass is 421 g/mol. The molecule has 12 heteroatoms. The highest BCUT2D eigenvalue weighted by Crippen LogP contribution is 2.25. The Labute approximate surface area is 174 Å². The minimum Gasteiger partial charge on any atom is -0.378 e. The molecule has 11 nitrogen and oxygen atoms in total. The summed E-state index contributed by atoms with van der Waals surface area (Å²) in [7, 11) is 0. The number of aromatic nitrogens is 6. The molecule has 0 spiro atoms. The molecule has 0 aliphatic heterocycles. The van der Waals surface area contributed by atoms with Crippen molar-refractivity contribution in [2.75, 3.05) is 5.73 Å². The number of thioether (sulfide) groups is 1. The number of carbonyl (C=O) groups is 1. The highest BCUT2D eigenvalue weighted by molar-refractivity contribution is 7.98. The molecule has 3 N–H and O–H groups in total. The molecule has 0 aliphatic carbocycles. The first-order chi connectivity index (χ1) is 14.7. The molecule has 1 amide bonds. The van der Waals surface area contributed by atoms with Crippen LogP contribution in [0.2, 0.25) is 0 Å². The van der Waals surface area contributed by atoms with Gasteiger partial charge in [0.15, 0.2) is 5.69 Å². The zero-order valence-electron chi connectivity index (χ0n) is 15.4. The van der Waals surface area contributed by atoms with Gasteiger partial charge < -0.3 is 5.73 Å². The molecule has 4 rings (SSSR count). The van der Waals surface area contributed by atoms with E-state index in [1.165, 1.54) is 22.7 Å². The summed E-state index contributed by atoms with van der Waals surface area (Å²) in [6, 6.07) is 13.3. The number of nitrogens with one attached hydrogen (secondary N) is 1. The van der Waals surface area contributed by atoms with Gasteiger partial charge in [0.2, 0.25) is 11.6 Å². The number of rotatable bonds is 7. The van der Waals surface area contributed by atoms with Crippen LogP contribution in [0.25, 0.3) is 5.82 Å². The number of hydrogen-bond donors (Lipinski definition) is 2. The molecule has 0 aliphatic rings.